The van der Waals surface area contributed by atoms with Crippen molar-refractivity contribution in [3.8, 4) is 0 Å². The van der Waals surface area contributed by atoms with Gasteiger partial charge in [-0.2, -0.15) is 43.9 Å². The highest BCUT2D eigenvalue weighted by atomic mass is 19.4. The average Bonchev–Trinajstić information content (AvgIpc) is 2.28. The molecule has 0 atom stereocenters. The van der Waals surface area contributed by atoms with Crippen molar-refractivity contribution in [3.63, 3.8) is 0 Å². The van der Waals surface area contributed by atoms with Crippen LogP contribution in [0.3, 0.4) is 0 Å². The lowest BCUT2D eigenvalue weighted by atomic mass is 9.73. The third-order valence-electron chi connectivity index (χ3n) is 2.76. The predicted molar refractivity (Wildman–Crippen MR) is 45.6 cm³/mol. The van der Waals surface area contributed by atoms with Crippen LogP contribution in [0.1, 0.15) is 20.8 Å². The molecular formula is C9H9F11. The molecule has 0 saturated heterocycles. The average molecular weight is 326 g/mol. The zero-order valence-corrected chi connectivity index (χ0v) is 10.2. The molecular weight excluding hydrogens is 317 g/mol. The summed E-state index contributed by atoms with van der Waals surface area (Å²) in [6.07, 6.45) is 0. The van der Waals surface area contributed by atoms with Crippen molar-refractivity contribution in [2.45, 2.75) is 56.1 Å². The van der Waals surface area contributed by atoms with E-state index in [1.807, 2.05) is 13.8 Å². The Balaban J connectivity index is 0.00000172. The molecule has 1 aliphatic carbocycles. The zero-order chi connectivity index (χ0) is 17.0. The molecule has 11 heteroatoms. The second kappa shape index (κ2) is 4.36. The summed E-state index contributed by atoms with van der Waals surface area (Å²) in [7, 11) is 0. The molecule has 0 bridgehead atoms. The smallest absolute Gasteiger partial charge is 0.230 e. The van der Waals surface area contributed by atoms with Gasteiger partial charge in [0.25, 0.3) is 0 Å². The first-order valence-electron chi connectivity index (χ1n) is 5.08. The summed E-state index contributed by atoms with van der Waals surface area (Å²) in [5.74, 6) is -34.4. The van der Waals surface area contributed by atoms with Crippen molar-refractivity contribution in [1.29, 1.82) is 0 Å². The van der Waals surface area contributed by atoms with E-state index in [0.29, 0.717) is 0 Å². The molecule has 1 aliphatic rings. The van der Waals surface area contributed by atoms with Crippen LogP contribution in [0.15, 0.2) is 0 Å². The first-order valence-corrected chi connectivity index (χ1v) is 5.08. The summed E-state index contributed by atoms with van der Waals surface area (Å²) in [6.45, 7) is 3.02. The lowest BCUT2D eigenvalue weighted by Crippen LogP contribution is -2.82. The van der Waals surface area contributed by atoms with Gasteiger partial charge >= 0.3 is 29.6 Å². The molecule has 122 valence electrons. The van der Waals surface area contributed by atoms with Crippen LogP contribution in [0.25, 0.3) is 0 Å². The van der Waals surface area contributed by atoms with Crippen molar-refractivity contribution in [2.75, 3.05) is 0 Å². The van der Waals surface area contributed by atoms with Crippen molar-refractivity contribution in [1.82, 2.24) is 0 Å². The van der Waals surface area contributed by atoms with Gasteiger partial charge in [-0.15, -0.1) is 0 Å². The molecule has 0 unspecified atom stereocenters. The van der Waals surface area contributed by atoms with E-state index in [-0.39, 0.29) is 0 Å². The molecule has 0 nitrogen and oxygen atoms in total. The van der Waals surface area contributed by atoms with Gasteiger partial charge in [0.2, 0.25) is 5.67 Å². The summed E-state index contributed by atoms with van der Waals surface area (Å²) in [5.41, 5.74) is -5.85. The van der Waals surface area contributed by atoms with E-state index in [1.165, 1.54) is 0 Å². The summed E-state index contributed by atoms with van der Waals surface area (Å²) in [6, 6.07) is 0. The molecule has 0 heterocycles. The van der Waals surface area contributed by atoms with Crippen LogP contribution in [0.5, 0.6) is 0 Å². The number of rotatable bonds is 0. The van der Waals surface area contributed by atoms with Crippen molar-refractivity contribution < 1.29 is 48.3 Å². The topological polar surface area (TPSA) is 0 Å². The summed E-state index contributed by atoms with van der Waals surface area (Å²) in [4.78, 5) is 0. The van der Waals surface area contributed by atoms with Gasteiger partial charge in [-0.3, -0.25) is 0 Å². The third-order valence-corrected chi connectivity index (χ3v) is 2.76. The molecule has 0 aliphatic heterocycles. The van der Waals surface area contributed by atoms with Crippen molar-refractivity contribution in [3.05, 3.63) is 0 Å². The highest BCUT2D eigenvalue weighted by Gasteiger charge is 2.99. The normalized spacial score (nSPS) is 30.9. The maximum absolute atomic E-state index is 13.0. The molecule has 0 N–H and O–H groups in total. The Labute approximate surface area is 105 Å². The Morgan fingerprint density at radius 3 is 0.750 bits per heavy atom. The van der Waals surface area contributed by atoms with E-state index >= 15 is 0 Å². The van der Waals surface area contributed by atoms with Crippen LogP contribution in [0, 0.1) is 0 Å². The van der Waals surface area contributed by atoms with Gasteiger partial charge in [0.1, 0.15) is 0 Å². The van der Waals surface area contributed by atoms with E-state index < -0.39 is 42.2 Å². The summed E-state index contributed by atoms with van der Waals surface area (Å²) in [5, 5.41) is 0. The molecule has 0 aromatic carbocycles. The Morgan fingerprint density at radius 2 is 0.550 bits per heavy atom. The Kier molecular flexibility index (Phi) is 4.19. The first-order chi connectivity index (χ1) is 8.50. The van der Waals surface area contributed by atoms with E-state index in [0.717, 1.165) is 0 Å². The van der Waals surface area contributed by atoms with Gasteiger partial charge < -0.3 is 0 Å². The fourth-order valence-electron chi connectivity index (χ4n) is 1.38. The minimum Gasteiger partial charge on any atom is -0.230 e. The van der Waals surface area contributed by atoms with Crippen LogP contribution in [-0.4, -0.2) is 35.3 Å². The second-order valence-corrected chi connectivity index (χ2v) is 3.87. The van der Waals surface area contributed by atoms with E-state index in [2.05, 4.69) is 0 Å². The SMILES string of the molecule is CC.CC1(F)C(F)(F)C(F)(F)C(F)(F)C(F)(F)C1(F)F. The largest absolute Gasteiger partial charge is 0.384 e. The fourth-order valence-corrected chi connectivity index (χ4v) is 1.38. The van der Waals surface area contributed by atoms with Crippen molar-refractivity contribution >= 4 is 0 Å². The molecule has 1 rings (SSSR count). The Hall–Kier alpha value is -0.770. The number of halogens is 11. The first kappa shape index (κ1) is 19.2. The maximum atomic E-state index is 13.0. The third kappa shape index (κ3) is 1.60. The molecule has 1 saturated carbocycles. The molecule has 0 spiro atoms. The summed E-state index contributed by atoms with van der Waals surface area (Å²) < 4.78 is 139. The number of alkyl halides is 11. The quantitative estimate of drug-likeness (QED) is 0.554. The van der Waals surface area contributed by atoms with Gasteiger partial charge in [-0.25, -0.2) is 4.39 Å². The van der Waals surface area contributed by atoms with Crippen LogP contribution in [-0.2, 0) is 0 Å². The second-order valence-electron chi connectivity index (χ2n) is 3.87. The van der Waals surface area contributed by atoms with Crippen LogP contribution in [0.4, 0.5) is 48.3 Å². The van der Waals surface area contributed by atoms with Crippen LogP contribution < -0.4 is 0 Å². The lowest BCUT2D eigenvalue weighted by molar-refractivity contribution is -0.482. The molecule has 0 radical (unpaired) electrons. The zero-order valence-electron chi connectivity index (χ0n) is 10.2. The van der Waals surface area contributed by atoms with Gasteiger partial charge in [0, 0.05) is 0 Å². The predicted octanol–water partition coefficient (Wildman–Crippen LogP) is 4.93. The number of hydrogen-bond acceptors (Lipinski definition) is 0. The minimum atomic E-state index is -7.11. The Morgan fingerprint density at radius 1 is 0.400 bits per heavy atom. The van der Waals surface area contributed by atoms with E-state index in [9.17, 15) is 48.3 Å². The summed E-state index contributed by atoms with van der Waals surface area (Å²) >= 11 is 0. The molecule has 20 heavy (non-hydrogen) atoms. The van der Waals surface area contributed by atoms with E-state index in [1.54, 1.807) is 0 Å². The van der Waals surface area contributed by atoms with E-state index in [4.69, 9.17) is 0 Å². The van der Waals surface area contributed by atoms with Crippen molar-refractivity contribution in [2.24, 2.45) is 0 Å². The Bertz CT molecular complexity index is 251. The number of hydrogen-bond donors (Lipinski definition) is 0. The molecule has 0 aromatic rings. The fraction of sp³-hybridized carbons (Fsp3) is 1.00. The highest BCUT2D eigenvalue weighted by molar-refractivity contribution is 5.25. The lowest BCUT2D eigenvalue weighted by Gasteiger charge is -2.51. The van der Waals surface area contributed by atoms with Gasteiger partial charge in [-0.1, -0.05) is 13.8 Å². The minimum absolute atomic E-state index is 0.982. The monoisotopic (exact) mass is 326 g/mol. The van der Waals surface area contributed by atoms with Gasteiger partial charge in [0.05, 0.1) is 0 Å². The van der Waals surface area contributed by atoms with Crippen LogP contribution >= 0.6 is 0 Å². The molecule has 0 aromatic heterocycles. The highest BCUT2D eigenvalue weighted by Crippen LogP contribution is 2.69. The van der Waals surface area contributed by atoms with Gasteiger partial charge in [0.15, 0.2) is 0 Å². The maximum Gasteiger partial charge on any atom is 0.384 e. The van der Waals surface area contributed by atoms with Gasteiger partial charge in [-0.05, 0) is 6.92 Å². The van der Waals surface area contributed by atoms with Crippen LogP contribution in [0.2, 0.25) is 0 Å². The standard InChI is InChI=1S/C7H3F11.C2H6/c1-2(8)3(9,10)5(13,14)7(17,18)6(15,16)4(2,11)12;1-2/h1H3;1-2H3. The molecule has 0 amide bonds. The molecule has 1 fully saturated rings.